The fourth-order valence-corrected chi connectivity index (χ4v) is 10.7. The van der Waals surface area contributed by atoms with Crippen LogP contribution < -0.4 is 26.6 Å². The number of piperidine rings is 1. The lowest BCUT2D eigenvalue weighted by Gasteiger charge is -2.41. The van der Waals surface area contributed by atoms with Gasteiger partial charge in [-0.1, -0.05) is 84.7 Å². The van der Waals surface area contributed by atoms with Crippen LogP contribution in [0.5, 0.6) is 0 Å². The van der Waals surface area contributed by atoms with Gasteiger partial charge in [-0.05, 0) is 84.5 Å². The van der Waals surface area contributed by atoms with Crippen molar-refractivity contribution >= 4 is 41.4 Å². The summed E-state index contributed by atoms with van der Waals surface area (Å²) in [6.45, 7) is 11.5. The van der Waals surface area contributed by atoms with E-state index >= 15 is 0 Å². The Balaban J connectivity index is 0.00000384. The summed E-state index contributed by atoms with van der Waals surface area (Å²) >= 11 is 0. The maximum Gasteiger partial charge on any atom is 0.315 e. The smallest absolute Gasteiger partial charge is 0.315 e. The predicted octanol–water partition coefficient (Wildman–Crippen LogP) is 3.56. The maximum absolute atomic E-state index is 14.5. The molecule has 1 saturated heterocycles. The van der Waals surface area contributed by atoms with Crippen LogP contribution in [0.4, 0.5) is 4.79 Å². The first-order chi connectivity index (χ1) is 26.8. The summed E-state index contributed by atoms with van der Waals surface area (Å²) in [4.78, 5) is 98.1. The second-order valence-corrected chi connectivity index (χ2v) is 19.4. The summed E-state index contributed by atoms with van der Waals surface area (Å²) in [6, 6.07) is 4.33. The van der Waals surface area contributed by atoms with Crippen LogP contribution in [0.2, 0.25) is 0 Å². The molecule has 316 valence electrons. The first kappa shape index (κ1) is 42.1. The number of hydrogen-bond acceptors (Lipinski definition) is 7. The number of rotatable bonds is 15. The Morgan fingerprint density at radius 3 is 2.16 bits per heavy atom. The van der Waals surface area contributed by atoms with E-state index in [0.717, 1.165) is 19.3 Å². The van der Waals surface area contributed by atoms with E-state index in [4.69, 9.17) is 0 Å². The predicted molar refractivity (Wildman–Crippen MR) is 217 cm³/mol. The number of fused-ring (bicyclic) bond motifs is 1. The number of carbonyl (C=O) groups excluding carboxylic acids is 7. The van der Waals surface area contributed by atoms with E-state index in [1.165, 1.54) is 17.7 Å². The van der Waals surface area contributed by atoms with Gasteiger partial charge in [0.25, 0.3) is 5.91 Å². The topological polar surface area (TPSA) is 186 Å². The van der Waals surface area contributed by atoms with Crippen molar-refractivity contribution in [2.75, 3.05) is 27.2 Å². The van der Waals surface area contributed by atoms with Gasteiger partial charge in [-0.3, -0.25) is 28.8 Å². The van der Waals surface area contributed by atoms with Crippen molar-refractivity contribution in [2.24, 2.45) is 40.4 Å². The number of unbranched alkanes of at least 4 members (excludes halogenated alkanes) is 1. The number of benzene rings is 1. The highest BCUT2D eigenvalue weighted by atomic mass is 16.2. The fourth-order valence-electron chi connectivity index (χ4n) is 10.7. The Morgan fingerprint density at radius 1 is 0.930 bits per heavy atom. The molecule has 5 unspecified atom stereocenters. The van der Waals surface area contributed by atoms with Crippen molar-refractivity contribution in [1.29, 1.82) is 0 Å². The molecule has 7 amide bonds. The third-order valence-corrected chi connectivity index (χ3v) is 13.7. The lowest BCUT2D eigenvalue weighted by atomic mass is 9.76. The number of nitrogens with zero attached hydrogens (tertiary/aromatic N) is 2. The number of amides is 7. The molecule has 14 heteroatoms. The van der Waals surface area contributed by atoms with Crippen molar-refractivity contribution in [3.63, 3.8) is 0 Å². The molecule has 4 bridgehead atoms. The molecule has 1 heterocycles. The third kappa shape index (κ3) is 8.69. The number of hydrogen-bond donors (Lipinski definition) is 5. The molecule has 0 spiro atoms. The van der Waals surface area contributed by atoms with Crippen molar-refractivity contribution in [2.45, 2.75) is 123 Å². The second-order valence-electron chi connectivity index (χ2n) is 19.4. The molecule has 6 fully saturated rings. The minimum absolute atomic E-state index is 0. The molecular weight excluding hydrogens is 727 g/mol. The quantitative estimate of drug-likeness (QED) is 0.168. The Kier molecular flexibility index (Phi) is 11.9. The van der Waals surface area contributed by atoms with E-state index in [1.54, 1.807) is 49.3 Å². The zero-order valence-corrected chi connectivity index (χ0v) is 34.9. The molecule has 8 atom stereocenters. The van der Waals surface area contributed by atoms with Gasteiger partial charge in [-0.15, -0.1) is 0 Å². The number of carbonyl (C=O) groups is 7. The number of urea groups is 1. The SMILES string of the molecule is CCCCC(NC(=O)[C@@H]1C2C(CN1C(=O)[C@@H](NC(=O)NC13CC4CC(C1)C(C4)C3)C(C)(C)C)C2(C)C)C(=O)C(=O)NCC(=O)N[C@H](C(=O)N(C)C)c1ccccc1.[HH].[HH]. The van der Waals surface area contributed by atoms with E-state index < -0.39 is 59.6 Å². The molecule has 14 nitrogen and oxygen atoms in total. The highest BCUT2D eigenvalue weighted by Gasteiger charge is 2.70. The molecule has 0 aromatic heterocycles. The molecule has 57 heavy (non-hydrogen) atoms. The summed E-state index contributed by atoms with van der Waals surface area (Å²) < 4.78 is 0. The standard InChI is InChI=1S/C43H63N7O7.2H2/c1-9-10-16-29(34(52)37(54)44-22-30(51)46-32(38(55)49(7)8)25-14-12-11-13-15-25)45-36(53)33-31-28(42(31,5)6)23-50(33)39(56)35(41(2,3)4)47-40(57)48-43-19-24-17-26(20-43)27(18-24)21-43;;/h11-15,24,26-29,31-33,35H,9-10,16-23H2,1-8H3,(H,44,54)(H,45,53)(H,46,51)(H2,47,48,57);2*1H/t24?,26?,27?,28?,29?,31?,32-,33-,35+,43?;;/m0../s1. The van der Waals surface area contributed by atoms with Gasteiger partial charge < -0.3 is 36.4 Å². The van der Waals surface area contributed by atoms with E-state index in [2.05, 4.69) is 40.4 Å². The Morgan fingerprint density at radius 2 is 1.58 bits per heavy atom. The molecule has 1 aromatic rings. The Bertz CT molecular complexity index is 1750. The normalized spacial score (nSPS) is 29.0. The average Bonchev–Trinajstić information content (AvgIpc) is 3.45. The molecule has 5 aliphatic carbocycles. The van der Waals surface area contributed by atoms with Crippen LogP contribution in [0, 0.1) is 40.4 Å². The molecule has 7 rings (SSSR count). The molecule has 5 N–H and O–H groups in total. The van der Waals surface area contributed by atoms with Crippen LogP contribution in [0.3, 0.4) is 0 Å². The molecule has 1 aliphatic heterocycles. The molecule has 1 aromatic carbocycles. The van der Waals surface area contributed by atoms with Gasteiger partial charge in [-0.25, -0.2) is 4.79 Å². The maximum atomic E-state index is 14.5. The summed E-state index contributed by atoms with van der Waals surface area (Å²) in [5.41, 5.74) is -0.558. The Labute approximate surface area is 339 Å². The zero-order chi connectivity index (χ0) is 41.6. The largest absolute Gasteiger partial charge is 0.347 e. The summed E-state index contributed by atoms with van der Waals surface area (Å²) in [7, 11) is 3.14. The minimum atomic E-state index is -1.19. The molecule has 5 saturated carbocycles. The van der Waals surface area contributed by atoms with E-state index in [9.17, 15) is 33.6 Å². The molecule has 0 radical (unpaired) electrons. The first-order valence-electron chi connectivity index (χ1n) is 20.8. The van der Waals surface area contributed by atoms with Gasteiger partial charge in [-0.2, -0.15) is 0 Å². The van der Waals surface area contributed by atoms with Crippen molar-refractivity contribution in [1.82, 2.24) is 36.4 Å². The lowest BCUT2D eigenvalue weighted by molar-refractivity contribution is -0.145. The average molecular weight is 794 g/mol. The van der Waals surface area contributed by atoms with Gasteiger partial charge in [0.1, 0.15) is 18.1 Å². The van der Waals surface area contributed by atoms with E-state index in [0.29, 0.717) is 42.7 Å². The third-order valence-electron chi connectivity index (χ3n) is 13.7. The van der Waals surface area contributed by atoms with Crippen LogP contribution in [0.25, 0.3) is 0 Å². The minimum Gasteiger partial charge on any atom is -0.347 e. The van der Waals surface area contributed by atoms with Crippen LogP contribution >= 0.6 is 0 Å². The lowest BCUT2D eigenvalue weighted by Crippen LogP contribution is -2.63. The van der Waals surface area contributed by atoms with Gasteiger partial charge in [0.2, 0.25) is 29.4 Å². The number of ketones is 1. The zero-order valence-electron chi connectivity index (χ0n) is 34.9. The van der Waals surface area contributed by atoms with Crippen molar-refractivity contribution in [3.05, 3.63) is 35.9 Å². The summed E-state index contributed by atoms with van der Waals surface area (Å²) in [5.74, 6) is -1.99. The van der Waals surface area contributed by atoms with Crippen LogP contribution in [-0.2, 0) is 28.8 Å². The monoisotopic (exact) mass is 794 g/mol. The van der Waals surface area contributed by atoms with Gasteiger partial charge in [0.15, 0.2) is 0 Å². The van der Waals surface area contributed by atoms with E-state index in [-0.39, 0.29) is 49.9 Å². The van der Waals surface area contributed by atoms with Crippen molar-refractivity contribution < 1.29 is 36.4 Å². The van der Waals surface area contributed by atoms with Crippen LogP contribution in [-0.4, -0.2) is 102 Å². The highest BCUT2D eigenvalue weighted by Crippen LogP contribution is 2.65. The fraction of sp³-hybridized carbons (Fsp3) is 0.698. The number of likely N-dealkylation sites (tertiary alicyclic amines) is 1. The van der Waals surface area contributed by atoms with Crippen LogP contribution in [0.15, 0.2) is 30.3 Å². The van der Waals surface area contributed by atoms with Gasteiger partial charge in [0, 0.05) is 29.0 Å². The number of nitrogens with one attached hydrogen (secondary N) is 5. The second kappa shape index (κ2) is 16.0. The molecular formula is C43H67N7O7. The van der Waals surface area contributed by atoms with Gasteiger partial charge >= 0.3 is 6.03 Å². The first-order valence-corrected chi connectivity index (χ1v) is 20.8. The molecule has 6 aliphatic rings. The van der Waals surface area contributed by atoms with E-state index in [1.807, 2.05) is 27.7 Å². The van der Waals surface area contributed by atoms with Gasteiger partial charge in [0.05, 0.1) is 12.6 Å². The Hall–Kier alpha value is -4.49. The van der Waals surface area contributed by atoms with Crippen molar-refractivity contribution in [3.8, 4) is 0 Å². The summed E-state index contributed by atoms with van der Waals surface area (Å²) in [5, 5.41) is 14.2. The summed E-state index contributed by atoms with van der Waals surface area (Å²) in [6.07, 6.45) is 6.86. The highest BCUT2D eigenvalue weighted by molar-refractivity contribution is 6.38. The number of likely N-dealkylation sites (N-methyl/N-ethyl adjacent to an activating group) is 1. The van der Waals surface area contributed by atoms with Crippen LogP contribution in [0.1, 0.15) is 107 Å². The number of Topliss-reactive ketones (excluding diaryl/α,β-unsaturated/α-hetero) is 1.